The van der Waals surface area contributed by atoms with E-state index >= 15 is 0 Å². The number of rotatable bonds is 1. The largest absolute Gasteiger partial charge is 0.469 e. The normalized spacial score (nSPS) is 36.5. The third kappa shape index (κ3) is 2.27. The molecule has 0 unspecified atom stereocenters. The number of carbonyl (C=O) groups is 1. The van der Waals surface area contributed by atoms with Crippen molar-refractivity contribution in [1.82, 2.24) is 0 Å². The van der Waals surface area contributed by atoms with Gasteiger partial charge in [-0.05, 0) is 31.6 Å². The van der Waals surface area contributed by atoms with Crippen LogP contribution in [0.5, 0.6) is 0 Å². The highest BCUT2D eigenvalue weighted by atomic mass is 16.5. The number of methoxy groups -OCH3 is 1. The van der Waals surface area contributed by atoms with E-state index in [-0.39, 0.29) is 17.3 Å². The number of carbonyl (C=O) groups excluding carboxylic acids is 1. The van der Waals surface area contributed by atoms with Gasteiger partial charge in [-0.2, -0.15) is 0 Å². The maximum Gasteiger partial charge on any atom is 0.309 e. The van der Waals surface area contributed by atoms with E-state index in [4.69, 9.17) is 4.74 Å². The highest BCUT2D eigenvalue weighted by Crippen LogP contribution is 2.45. The van der Waals surface area contributed by atoms with Crippen molar-refractivity contribution in [2.24, 2.45) is 11.3 Å². The van der Waals surface area contributed by atoms with Gasteiger partial charge < -0.3 is 9.84 Å². The molecule has 3 heteroatoms. The Morgan fingerprint density at radius 2 is 2.00 bits per heavy atom. The highest BCUT2D eigenvalue weighted by molar-refractivity contribution is 5.73. The van der Waals surface area contributed by atoms with Crippen molar-refractivity contribution in [1.29, 1.82) is 0 Å². The molecule has 1 aliphatic carbocycles. The van der Waals surface area contributed by atoms with E-state index < -0.39 is 5.60 Å². The van der Waals surface area contributed by atoms with Crippen molar-refractivity contribution in [3.8, 4) is 0 Å². The first kappa shape index (κ1) is 11.5. The Hall–Kier alpha value is -0.570. The van der Waals surface area contributed by atoms with E-state index in [2.05, 4.69) is 0 Å². The Morgan fingerprint density at radius 1 is 1.43 bits per heavy atom. The van der Waals surface area contributed by atoms with Gasteiger partial charge in [-0.15, -0.1) is 0 Å². The average Bonchev–Trinajstić information content (AvgIpc) is 1.99. The molecule has 0 saturated heterocycles. The van der Waals surface area contributed by atoms with Gasteiger partial charge in [-0.3, -0.25) is 4.79 Å². The molecule has 1 fully saturated rings. The van der Waals surface area contributed by atoms with Gasteiger partial charge in [0.15, 0.2) is 0 Å². The molecule has 3 nitrogen and oxygen atoms in total. The number of esters is 1. The topological polar surface area (TPSA) is 46.5 Å². The maximum absolute atomic E-state index is 11.5. The zero-order valence-electron chi connectivity index (χ0n) is 9.46. The number of aliphatic hydroxyl groups is 1. The van der Waals surface area contributed by atoms with Gasteiger partial charge in [-0.25, -0.2) is 0 Å². The van der Waals surface area contributed by atoms with Gasteiger partial charge in [0.1, 0.15) is 0 Å². The summed E-state index contributed by atoms with van der Waals surface area (Å²) < 4.78 is 4.77. The summed E-state index contributed by atoms with van der Waals surface area (Å²) in [6.45, 7) is 5.87. The van der Waals surface area contributed by atoms with Crippen molar-refractivity contribution >= 4 is 5.97 Å². The predicted molar refractivity (Wildman–Crippen MR) is 53.8 cm³/mol. The zero-order valence-corrected chi connectivity index (χ0v) is 9.46. The lowest BCUT2D eigenvalue weighted by atomic mass is 9.64. The Labute approximate surface area is 85.5 Å². The molecule has 0 aromatic rings. The van der Waals surface area contributed by atoms with Crippen LogP contribution in [0.1, 0.15) is 40.0 Å². The third-order valence-corrected chi connectivity index (χ3v) is 3.24. The van der Waals surface area contributed by atoms with Gasteiger partial charge >= 0.3 is 5.97 Å². The van der Waals surface area contributed by atoms with E-state index in [0.717, 1.165) is 0 Å². The van der Waals surface area contributed by atoms with Gasteiger partial charge in [0.05, 0.1) is 18.6 Å². The Balaban J connectivity index is 2.78. The minimum atomic E-state index is -0.631. The molecule has 0 aromatic heterocycles. The van der Waals surface area contributed by atoms with Crippen molar-refractivity contribution < 1.29 is 14.6 Å². The van der Waals surface area contributed by atoms with Crippen LogP contribution in [0, 0.1) is 11.3 Å². The minimum Gasteiger partial charge on any atom is -0.469 e. The molecule has 1 rings (SSSR count). The first-order chi connectivity index (χ1) is 6.28. The first-order valence-electron chi connectivity index (χ1n) is 5.09. The molecule has 14 heavy (non-hydrogen) atoms. The maximum atomic E-state index is 11.5. The van der Waals surface area contributed by atoms with Crippen molar-refractivity contribution in [3.05, 3.63) is 0 Å². The Bertz CT molecular complexity index is 231. The smallest absolute Gasteiger partial charge is 0.309 e. The van der Waals surface area contributed by atoms with Gasteiger partial charge in [0, 0.05) is 0 Å². The number of hydrogen-bond acceptors (Lipinski definition) is 3. The van der Waals surface area contributed by atoms with Crippen LogP contribution in [0.3, 0.4) is 0 Å². The lowest BCUT2D eigenvalue weighted by Gasteiger charge is -2.43. The van der Waals surface area contributed by atoms with Gasteiger partial charge in [-0.1, -0.05) is 13.8 Å². The SMILES string of the molecule is COC(=O)[C@H]1CC[C@@](C)(O)CC1(C)C. The van der Waals surface area contributed by atoms with Crippen LogP contribution in [-0.4, -0.2) is 23.8 Å². The molecule has 82 valence electrons. The van der Waals surface area contributed by atoms with Crippen LogP contribution < -0.4 is 0 Å². The molecule has 0 spiro atoms. The fraction of sp³-hybridized carbons (Fsp3) is 0.909. The quantitative estimate of drug-likeness (QED) is 0.656. The summed E-state index contributed by atoms with van der Waals surface area (Å²) in [5, 5.41) is 9.93. The second-order valence-corrected chi connectivity index (χ2v) is 5.28. The van der Waals surface area contributed by atoms with E-state index in [9.17, 15) is 9.90 Å². The van der Waals surface area contributed by atoms with Crippen LogP contribution in [-0.2, 0) is 9.53 Å². The lowest BCUT2D eigenvalue weighted by Crippen LogP contribution is -2.44. The summed E-state index contributed by atoms with van der Waals surface area (Å²) in [4.78, 5) is 11.5. The standard InChI is InChI=1S/C11H20O3/c1-10(2)7-11(3,13)6-5-8(10)9(12)14-4/h8,13H,5-7H2,1-4H3/t8-,11-/m1/s1. The molecular formula is C11H20O3. The molecule has 1 aliphatic rings. The molecular weight excluding hydrogens is 180 g/mol. The van der Waals surface area contributed by atoms with Crippen LogP contribution in [0.15, 0.2) is 0 Å². The summed E-state index contributed by atoms with van der Waals surface area (Å²) in [6, 6.07) is 0. The number of ether oxygens (including phenoxy) is 1. The summed E-state index contributed by atoms with van der Waals surface area (Å²) in [5.41, 5.74) is -0.803. The van der Waals surface area contributed by atoms with Crippen LogP contribution in [0.25, 0.3) is 0 Å². The molecule has 1 N–H and O–H groups in total. The fourth-order valence-corrected chi connectivity index (χ4v) is 2.62. The lowest BCUT2D eigenvalue weighted by molar-refractivity contribution is -0.156. The average molecular weight is 200 g/mol. The van der Waals surface area contributed by atoms with Gasteiger partial charge in [0.25, 0.3) is 0 Å². The number of hydrogen-bond donors (Lipinski definition) is 1. The van der Waals surface area contributed by atoms with Crippen molar-refractivity contribution in [3.63, 3.8) is 0 Å². The third-order valence-electron chi connectivity index (χ3n) is 3.24. The van der Waals surface area contributed by atoms with E-state index in [1.807, 2.05) is 20.8 Å². The Morgan fingerprint density at radius 3 is 2.43 bits per heavy atom. The second-order valence-electron chi connectivity index (χ2n) is 5.28. The molecule has 0 radical (unpaired) electrons. The molecule has 2 atom stereocenters. The predicted octanol–water partition coefficient (Wildman–Crippen LogP) is 1.74. The monoisotopic (exact) mass is 200 g/mol. The molecule has 0 aliphatic heterocycles. The molecule has 0 bridgehead atoms. The minimum absolute atomic E-state index is 0.0762. The zero-order chi connectivity index (χ0) is 11.0. The summed E-state index contributed by atoms with van der Waals surface area (Å²) in [7, 11) is 1.42. The summed E-state index contributed by atoms with van der Waals surface area (Å²) in [5.74, 6) is -0.224. The molecule has 0 heterocycles. The second kappa shape index (κ2) is 3.54. The summed E-state index contributed by atoms with van der Waals surface area (Å²) in [6.07, 6.45) is 2.04. The molecule has 0 amide bonds. The van der Waals surface area contributed by atoms with Crippen LogP contribution in [0.2, 0.25) is 0 Å². The van der Waals surface area contributed by atoms with Gasteiger partial charge in [0.2, 0.25) is 0 Å². The van der Waals surface area contributed by atoms with Crippen molar-refractivity contribution in [2.75, 3.05) is 7.11 Å². The highest BCUT2D eigenvalue weighted by Gasteiger charge is 2.45. The van der Waals surface area contributed by atoms with Crippen LogP contribution >= 0.6 is 0 Å². The van der Waals surface area contributed by atoms with E-state index in [1.165, 1.54) is 7.11 Å². The van der Waals surface area contributed by atoms with Crippen LogP contribution in [0.4, 0.5) is 0 Å². The molecule has 1 saturated carbocycles. The van der Waals surface area contributed by atoms with E-state index in [1.54, 1.807) is 0 Å². The van der Waals surface area contributed by atoms with Crippen molar-refractivity contribution in [2.45, 2.75) is 45.6 Å². The van der Waals surface area contributed by atoms with E-state index in [0.29, 0.717) is 19.3 Å². The molecule has 0 aromatic carbocycles. The summed E-state index contributed by atoms with van der Waals surface area (Å²) >= 11 is 0. The Kier molecular flexibility index (Phi) is 2.91. The fourth-order valence-electron chi connectivity index (χ4n) is 2.62. The first-order valence-corrected chi connectivity index (χ1v) is 5.09.